The molecule has 29 heavy (non-hydrogen) atoms. The molecular formula is C25H27ClO3. The minimum atomic E-state index is -0.748. The van der Waals surface area contributed by atoms with Crippen LogP contribution in [-0.2, 0) is 4.79 Å². The van der Waals surface area contributed by atoms with Crippen LogP contribution < -0.4 is 0 Å². The molecule has 2 unspecified atom stereocenters. The van der Waals surface area contributed by atoms with Crippen molar-refractivity contribution >= 4 is 28.3 Å². The fourth-order valence-corrected chi connectivity index (χ4v) is 4.35. The largest absolute Gasteiger partial charge is 0.507 e. The molecule has 4 heteroatoms. The first-order valence-electron chi connectivity index (χ1n) is 10.2. The summed E-state index contributed by atoms with van der Waals surface area (Å²) in [4.78, 5) is 11.0. The first kappa shape index (κ1) is 21.2. The third kappa shape index (κ3) is 5.10. The van der Waals surface area contributed by atoms with Crippen LogP contribution in [0.4, 0.5) is 0 Å². The zero-order valence-corrected chi connectivity index (χ0v) is 17.4. The van der Waals surface area contributed by atoms with E-state index in [9.17, 15) is 9.90 Å². The van der Waals surface area contributed by atoms with Crippen molar-refractivity contribution in [2.24, 2.45) is 5.92 Å². The van der Waals surface area contributed by atoms with E-state index in [1.807, 2.05) is 48.5 Å². The number of rotatable bonds is 9. The number of halogens is 1. The highest BCUT2D eigenvalue weighted by Gasteiger charge is 2.22. The number of carbonyl (C=O) groups is 1. The van der Waals surface area contributed by atoms with Crippen molar-refractivity contribution in [3.05, 3.63) is 76.8 Å². The van der Waals surface area contributed by atoms with Crippen molar-refractivity contribution in [2.75, 3.05) is 0 Å². The van der Waals surface area contributed by atoms with E-state index < -0.39 is 5.97 Å². The number of aromatic hydroxyl groups is 1. The van der Waals surface area contributed by atoms with E-state index >= 15 is 0 Å². The van der Waals surface area contributed by atoms with Crippen molar-refractivity contribution in [1.29, 1.82) is 0 Å². The Hall–Kier alpha value is -2.52. The molecule has 0 aliphatic rings. The molecule has 0 bridgehead atoms. The van der Waals surface area contributed by atoms with Gasteiger partial charge in [0.15, 0.2) is 0 Å². The van der Waals surface area contributed by atoms with E-state index in [0.717, 1.165) is 41.2 Å². The van der Waals surface area contributed by atoms with Crippen LogP contribution in [0.3, 0.4) is 0 Å². The molecule has 0 saturated carbocycles. The number of hydrogen-bond acceptors (Lipinski definition) is 2. The van der Waals surface area contributed by atoms with E-state index in [2.05, 4.69) is 19.1 Å². The van der Waals surface area contributed by atoms with Crippen LogP contribution >= 0.6 is 11.6 Å². The summed E-state index contributed by atoms with van der Waals surface area (Å²) >= 11 is 6.56. The van der Waals surface area contributed by atoms with Gasteiger partial charge in [0, 0.05) is 33.7 Å². The summed E-state index contributed by atoms with van der Waals surface area (Å²) in [6.07, 6.45) is 3.54. The number of carboxylic acid groups (broad SMARTS) is 1. The third-order valence-corrected chi connectivity index (χ3v) is 6.09. The van der Waals surface area contributed by atoms with E-state index in [4.69, 9.17) is 16.7 Å². The van der Waals surface area contributed by atoms with Crippen LogP contribution in [0.15, 0.2) is 60.7 Å². The third-order valence-electron chi connectivity index (χ3n) is 5.78. The molecule has 0 heterocycles. The fraction of sp³-hybridized carbons (Fsp3) is 0.320. The van der Waals surface area contributed by atoms with Crippen LogP contribution in [0.25, 0.3) is 10.8 Å². The molecule has 0 radical (unpaired) electrons. The molecule has 2 atom stereocenters. The minimum Gasteiger partial charge on any atom is -0.507 e. The predicted octanol–water partition coefficient (Wildman–Crippen LogP) is 7.00. The van der Waals surface area contributed by atoms with Gasteiger partial charge in [-0.05, 0) is 36.8 Å². The molecule has 0 saturated heterocycles. The Balaban J connectivity index is 1.96. The lowest BCUT2D eigenvalue weighted by atomic mass is 9.82. The van der Waals surface area contributed by atoms with Crippen LogP contribution in [0, 0.1) is 5.92 Å². The molecule has 3 nitrogen and oxygen atoms in total. The molecule has 2 N–H and O–H groups in total. The molecule has 0 aliphatic heterocycles. The maximum Gasteiger partial charge on any atom is 0.303 e. The van der Waals surface area contributed by atoms with Crippen molar-refractivity contribution in [3.63, 3.8) is 0 Å². The Morgan fingerprint density at radius 2 is 1.62 bits per heavy atom. The van der Waals surface area contributed by atoms with Gasteiger partial charge in [0.1, 0.15) is 5.75 Å². The van der Waals surface area contributed by atoms with Gasteiger partial charge in [-0.15, -0.1) is 0 Å². The summed E-state index contributed by atoms with van der Waals surface area (Å²) in [7, 11) is 0. The smallest absolute Gasteiger partial charge is 0.303 e. The maximum absolute atomic E-state index is 11.1. The zero-order valence-electron chi connectivity index (χ0n) is 16.6. The Bertz CT molecular complexity index is 968. The molecule has 0 amide bonds. The Morgan fingerprint density at radius 3 is 2.28 bits per heavy atom. The first-order valence-corrected chi connectivity index (χ1v) is 10.6. The molecule has 0 spiro atoms. The van der Waals surface area contributed by atoms with Gasteiger partial charge in [-0.1, -0.05) is 79.5 Å². The number of phenolic OH excluding ortho intramolecular Hbond substituents is 1. The summed E-state index contributed by atoms with van der Waals surface area (Å²) in [5.74, 6) is -0.132. The lowest BCUT2D eigenvalue weighted by Gasteiger charge is -2.23. The summed E-state index contributed by atoms with van der Waals surface area (Å²) in [5, 5.41) is 22.3. The fourth-order valence-electron chi connectivity index (χ4n) is 4.07. The molecule has 0 aromatic heterocycles. The number of carboxylic acids is 1. The number of phenols is 1. The average molecular weight is 411 g/mol. The van der Waals surface area contributed by atoms with Crippen LogP contribution in [0.2, 0.25) is 5.02 Å². The summed E-state index contributed by atoms with van der Waals surface area (Å²) in [5.41, 5.74) is 1.95. The Labute approximate surface area is 177 Å². The highest BCUT2D eigenvalue weighted by Crippen LogP contribution is 2.42. The van der Waals surface area contributed by atoms with Crippen LogP contribution in [0.1, 0.15) is 56.1 Å². The zero-order chi connectivity index (χ0) is 20.8. The Kier molecular flexibility index (Phi) is 7.16. The molecule has 3 rings (SSSR count). The van der Waals surface area contributed by atoms with Gasteiger partial charge in [0.2, 0.25) is 0 Å². The first-order chi connectivity index (χ1) is 14.0. The van der Waals surface area contributed by atoms with Crippen LogP contribution in [-0.4, -0.2) is 16.2 Å². The van der Waals surface area contributed by atoms with Crippen molar-refractivity contribution in [2.45, 2.75) is 44.9 Å². The van der Waals surface area contributed by atoms with Crippen LogP contribution in [0.5, 0.6) is 5.75 Å². The van der Waals surface area contributed by atoms with E-state index in [-0.39, 0.29) is 18.1 Å². The van der Waals surface area contributed by atoms with Gasteiger partial charge >= 0.3 is 5.97 Å². The molecule has 3 aromatic rings. The van der Waals surface area contributed by atoms with Crippen molar-refractivity contribution in [3.8, 4) is 5.75 Å². The maximum atomic E-state index is 11.1. The highest BCUT2D eigenvalue weighted by molar-refractivity contribution is 6.36. The van der Waals surface area contributed by atoms with Crippen molar-refractivity contribution < 1.29 is 15.0 Å². The minimum absolute atomic E-state index is 0.00261. The lowest BCUT2D eigenvalue weighted by Crippen LogP contribution is -2.08. The topological polar surface area (TPSA) is 57.5 Å². The standard InChI is InChI=1S/C25H27ClO3/c1-2-17(13-15-24(27)28)12-14-19(18-8-4-3-5-9-18)22-16-23(26)20-10-6-7-11-21(20)25(22)29/h3-11,16-17,19,29H,2,12-15H2,1H3,(H,27,28). The summed E-state index contributed by atoms with van der Waals surface area (Å²) in [6.45, 7) is 2.11. The highest BCUT2D eigenvalue weighted by atomic mass is 35.5. The van der Waals surface area contributed by atoms with E-state index in [0.29, 0.717) is 17.4 Å². The average Bonchev–Trinajstić information content (AvgIpc) is 2.74. The number of fused-ring (bicyclic) bond motifs is 1. The normalized spacial score (nSPS) is 13.3. The van der Waals surface area contributed by atoms with E-state index in [1.54, 1.807) is 0 Å². The van der Waals surface area contributed by atoms with Crippen molar-refractivity contribution in [1.82, 2.24) is 0 Å². The monoisotopic (exact) mass is 410 g/mol. The molecular weight excluding hydrogens is 384 g/mol. The SMILES string of the molecule is CCC(CCC(=O)O)CCC(c1ccccc1)c1cc(Cl)c2ccccc2c1O. The van der Waals surface area contributed by atoms with Gasteiger partial charge in [-0.25, -0.2) is 0 Å². The Morgan fingerprint density at radius 1 is 0.966 bits per heavy atom. The number of benzene rings is 3. The second-order valence-electron chi connectivity index (χ2n) is 7.59. The van der Waals surface area contributed by atoms with Gasteiger partial charge in [-0.3, -0.25) is 4.79 Å². The summed E-state index contributed by atoms with van der Waals surface area (Å²) in [6, 6.07) is 19.6. The number of hydrogen-bond donors (Lipinski definition) is 2. The lowest BCUT2D eigenvalue weighted by molar-refractivity contribution is -0.137. The second kappa shape index (κ2) is 9.80. The number of aliphatic carboxylic acids is 1. The van der Waals surface area contributed by atoms with Gasteiger partial charge in [0.25, 0.3) is 0 Å². The molecule has 0 aliphatic carbocycles. The molecule has 3 aromatic carbocycles. The molecule has 152 valence electrons. The predicted molar refractivity (Wildman–Crippen MR) is 119 cm³/mol. The summed E-state index contributed by atoms with van der Waals surface area (Å²) < 4.78 is 0. The van der Waals surface area contributed by atoms with E-state index in [1.165, 1.54) is 0 Å². The van der Waals surface area contributed by atoms with Gasteiger partial charge in [0.05, 0.1) is 0 Å². The quantitative estimate of drug-likeness (QED) is 0.399. The van der Waals surface area contributed by atoms with Gasteiger partial charge < -0.3 is 10.2 Å². The molecule has 0 fully saturated rings. The second-order valence-corrected chi connectivity index (χ2v) is 8.00. The van der Waals surface area contributed by atoms with Gasteiger partial charge in [-0.2, -0.15) is 0 Å².